The van der Waals surface area contributed by atoms with Crippen LogP contribution in [0.25, 0.3) is 0 Å². The Morgan fingerprint density at radius 3 is 2.22 bits per heavy atom. The van der Waals surface area contributed by atoms with E-state index in [1.165, 1.54) is 16.8 Å². The van der Waals surface area contributed by atoms with E-state index in [1.807, 2.05) is 0 Å². The molecule has 0 spiro atoms. The molecular weight excluding hydrogens is 218 g/mol. The SMILES string of the molecule is C=C(CCc1ccc(NC(C)C)cc1)CC(C)C. The topological polar surface area (TPSA) is 12.0 Å². The highest BCUT2D eigenvalue weighted by atomic mass is 14.9. The quantitative estimate of drug-likeness (QED) is 0.663. The minimum absolute atomic E-state index is 0.488. The fourth-order valence-corrected chi connectivity index (χ4v) is 2.10. The second kappa shape index (κ2) is 7.25. The average Bonchev–Trinajstić information content (AvgIpc) is 2.26. The van der Waals surface area contributed by atoms with Crippen molar-refractivity contribution in [3.63, 3.8) is 0 Å². The Labute approximate surface area is 112 Å². The lowest BCUT2D eigenvalue weighted by molar-refractivity contribution is 0.625. The van der Waals surface area contributed by atoms with E-state index < -0.39 is 0 Å². The van der Waals surface area contributed by atoms with Crippen LogP contribution < -0.4 is 5.32 Å². The highest BCUT2D eigenvalue weighted by molar-refractivity contribution is 5.45. The first-order valence-corrected chi connectivity index (χ1v) is 6.99. The number of anilines is 1. The fraction of sp³-hybridized carbons (Fsp3) is 0.529. The minimum Gasteiger partial charge on any atom is -0.383 e. The van der Waals surface area contributed by atoms with Crippen molar-refractivity contribution in [3.05, 3.63) is 42.0 Å². The molecule has 100 valence electrons. The molecule has 0 atom stereocenters. The molecule has 0 unspecified atom stereocenters. The van der Waals surface area contributed by atoms with Gasteiger partial charge in [-0.3, -0.25) is 0 Å². The zero-order valence-electron chi connectivity index (χ0n) is 12.3. The second-order valence-corrected chi connectivity index (χ2v) is 5.84. The molecule has 1 rings (SSSR count). The molecule has 0 fully saturated rings. The van der Waals surface area contributed by atoms with E-state index in [2.05, 4.69) is 63.9 Å². The molecule has 0 bridgehead atoms. The minimum atomic E-state index is 0.488. The normalized spacial score (nSPS) is 11.0. The number of allylic oxidation sites excluding steroid dienone is 1. The number of benzene rings is 1. The Bertz CT molecular complexity index is 360. The smallest absolute Gasteiger partial charge is 0.0342 e. The highest BCUT2D eigenvalue weighted by Crippen LogP contribution is 2.17. The lowest BCUT2D eigenvalue weighted by Crippen LogP contribution is -2.09. The van der Waals surface area contributed by atoms with Crippen LogP contribution in [0.1, 0.15) is 46.1 Å². The van der Waals surface area contributed by atoms with Crippen molar-refractivity contribution in [2.45, 2.75) is 53.0 Å². The summed E-state index contributed by atoms with van der Waals surface area (Å²) in [6, 6.07) is 9.25. The first kappa shape index (κ1) is 14.8. The summed E-state index contributed by atoms with van der Waals surface area (Å²) in [7, 11) is 0. The molecule has 1 heteroatoms. The second-order valence-electron chi connectivity index (χ2n) is 5.84. The number of nitrogens with one attached hydrogen (secondary N) is 1. The predicted molar refractivity (Wildman–Crippen MR) is 82.1 cm³/mol. The van der Waals surface area contributed by atoms with Gasteiger partial charge in [0.25, 0.3) is 0 Å². The van der Waals surface area contributed by atoms with Crippen LogP contribution in [0.5, 0.6) is 0 Å². The zero-order chi connectivity index (χ0) is 13.5. The van der Waals surface area contributed by atoms with Gasteiger partial charge in [-0.1, -0.05) is 38.1 Å². The summed E-state index contributed by atoms with van der Waals surface area (Å²) in [6.07, 6.45) is 3.36. The molecule has 1 nitrogen and oxygen atoms in total. The van der Waals surface area contributed by atoms with Crippen molar-refractivity contribution in [1.82, 2.24) is 0 Å². The molecule has 0 aliphatic carbocycles. The Balaban J connectivity index is 2.41. The number of hydrogen-bond acceptors (Lipinski definition) is 1. The van der Waals surface area contributed by atoms with Gasteiger partial charge in [-0.05, 0) is 56.7 Å². The first-order chi connectivity index (χ1) is 8.47. The van der Waals surface area contributed by atoms with Crippen LogP contribution in [-0.4, -0.2) is 6.04 Å². The van der Waals surface area contributed by atoms with Crippen molar-refractivity contribution in [3.8, 4) is 0 Å². The highest BCUT2D eigenvalue weighted by Gasteiger charge is 2.01. The van der Waals surface area contributed by atoms with Gasteiger partial charge in [0.2, 0.25) is 0 Å². The molecule has 0 aliphatic rings. The molecule has 0 aromatic heterocycles. The molecular formula is C17H27N. The lowest BCUT2D eigenvalue weighted by Gasteiger charge is -2.11. The van der Waals surface area contributed by atoms with E-state index in [0.717, 1.165) is 25.2 Å². The maximum absolute atomic E-state index is 4.15. The molecule has 1 aromatic rings. The third-order valence-electron chi connectivity index (χ3n) is 2.87. The number of rotatable bonds is 7. The molecule has 0 radical (unpaired) electrons. The average molecular weight is 245 g/mol. The summed E-state index contributed by atoms with van der Waals surface area (Å²) in [5.74, 6) is 0.718. The molecule has 1 aromatic carbocycles. The van der Waals surface area contributed by atoms with E-state index in [9.17, 15) is 0 Å². The van der Waals surface area contributed by atoms with Crippen LogP contribution in [0.4, 0.5) is 5.69 Å². The van der Waals surface area contributed by atoms with Gasteiger partial charge in [0.15, 0.2) is 0 Å². The van der Waals surface area contributed by atoms with Gasteiger partial charge in [0, 0.05) is 11.7 Å². The summed E-state index contributed by atoms with van der Waals surface area (Å²) in [5, 5.41) is 3.41. The number of aryl methyl sites for hydroxylation is 1. The van der Waals surface area contributed by atoms with Gasteiger partial charge in [0.05, 0.1) is 0 Å². The zero-order valence-corrected chi connectivity index (χ0v) is 12.3. The van der Waals surface area contributed by atoms with E-state index in [1.54, 1.807) is 0 Å². The van der Waals surface area contributed by atoms with Crippen LogP contribution in [0.2, 0.25) is 0 Å². The fourth-order valence-electron chi connectivity index (χ4n) is 2.10. The van der Waals surface area contributed by atoms with Crippen LogP contribution >= 0.6 is 0 Å². The van der Waals surface area contributed by atoms with E-state index in [0.29, 0.717) is 6.04 Å². The maximum atomic E-state index is 4.15. The molecule has 18 heavy (non-hydrogen) atoms. The predicted octanol–water partition coefficient (Wildman–Crippen LogP) is 5.04. The molecule has 0 aliphatic heterocycles. The Morgan fingerprint density at radius 2 is 1.72 bits per heavy atom. The van der Waals surface area contributed by atoms with Gasteiger partial charge in [-0.2, -0.15) is 0 Å². The largest absolute Gasteiger partial charge is 0.383 e. The van der Waals surface area contributed by atoms with Gasteiger partial charge in [-0.15, -0.1) is 0 Å². The Kier molecular flexibility index (Phi) is 5.97. The van der Waals surface area contributed by atoms with Crippen LogP contribution in [0, 0.1) is 5.92 Å². The van der Waals surface area contributed by atoms with E-state index in [-0.39, 0.29) is 0 Å². The molecule has 0 saturated carbocycles. The molecule has 0 saturated heterocycles. The van der Waals surface area contributed by atoms with Gasteiger partial charge in [0.1, 0.15) is 0 Å². The molecule has 0 amide bonds. The number of hydrogen-bond donors (Lipinski definition) is 1. The Morgan fingerprint density at radius 1 is 1.11 bits per heavy atom. The van der Waals surface area contributed by atoms with E-state index in [4.69, 9.17) is 0 Å². The van der Waals surface area contributed by atoms with Crippen LogP contribution in [-0.2, 0) is 6.42 Å². The summed E-state index contributed by atoms with van der Waals surface area (Å²) in [4.78, 5) is 0. The van der Waals surface area contributed by atoms with Gasteiger partial charge >= 0.3 is 0 Å². The summed E-state index contributed by atoms with van der Waals surface area (Å²) < 4.78 is 0. The van der Waals surface area contributed by atoms with Crippen molar-refractivity contribution in [2.24, 2.45) is 5.92 Å². The summed E-state index contributed by atoms with van der Waals surface area (Å²) in [6.45, 7) is 13.0. The molecule has 1 N–H and O–H groups in total. The first-order valence-electron chi connectivity index (χ1n) is 6.99. The van der Waals surface area contributed by atoms with Crippen LogP contribution in [0.3, 0.4) is 0 Å². The van der Waals surface area contributed by atoms with Crippen molar-refractivity contribution >= 4 is 5.69 Å². The summed E-state index contributed by atoms with van der Waals surface area (Å²) >= 11 is 0. The van der Waals surface area contributed by atoms with Crippen molar-refractivity contribution in [2.75, 3.05) is 5.32 Å². The van der Waals surface area contributed by atoms with Gasteiger partial charge in [-0.25, -0.2) is 0 Å². The monoisotopic (exact) mass is 245 g/mol. The van der Waals surface area contributed by atoms with Gasteiger partial charge < -0.3 is 5.32 Å². The lowest BCUT2D eigenvalue weighted by atomic mass is 9.98. The summed E-state index contributed by atoms with van der Waals surface area (Å²) in [5.41, 5.74) is 3.97. The van der Waals surface area contributed by atoms with Crippen molar-refractivity contribution in [1.29, 1.82) is 0 Å². The Hall–Kier alpha value is -1.24. The third kappa shape index (κ3) is 5.90. The van der Waals surface area contributed by atoms with Crippen molar-refractivity contribution < 1.29 is 0 Å². The van der Waals surface area contributed by atoms with Crippen LogP contribution in [0.15, 0.2) is 36.4 Å². The molecule has 0 heterocycles. The van der Waals surface area contributed by atoms with E-state index >= 15 is 0 Å². The third-order valence-corrected chi connectivity index (χ3v) is 2.87. The standard InChI is InChI=1S/C17H27N/c1-13(2)12-15(5)6-7-16-8-10-17(11-9-16)18-14(3)4/h8-11,13-14,18H,5-7,12H2,1-4H3. The maximum Gasteiger partial charge on any atom is 0.0342 e.